The Kier molecular flexibility index (Phi) is 4.34. The van der Waals surface area contributed by atoms with Gasteiger partial charge in [0.15, 0.2) is 0 Å². The van der Waals surface area contributed by atoms with Crippen LogP contribution in [0.1, 0.15) is 51.9 Å². The molecule has 0 aromatic rings. The first-order chi connectivity index (χ1) is 10.9. The summed E-state index contributed by atoms with van der Waals surface area (Å²) in [6.07, 6.45) is 6.32. The van der Waals surface area contributed by atoms with Crippen molar-refractivity contribution in [3.63, 3.8) is 0 Å². The fraction of sp³-hybridized carbons (Fsp3) is 0.824. The first-order valence-corrected chi connectivity index (χ1v) is 8.75. The third-order valence-electron chi connectivity index (χ3n) is 6.01. The molecule has 6 nitrogen and oxygen atoms in total. The summed E-state index contributed by atoms with van der Waals surface area (Å²) in [7, 11) is 0. The Morgan fingerprint density at radius 1 is 1.17 bits per heavy atom. The van der Waals surface area contributed by atoms with Gasteiger partial charge in [0.1, 0.15) is 6.04 Å². The van der Waals surface area contributed by atoms with Gasteiger partial charge in [-0.15, -0.1) is 0 Å². The fourth-order valence-corrected chi connectivity index (χ4v) is 4.28. The van der Waals surface area contributed by atoms with Gasteiger partial charge >= 0.3 is 5.97 Å². The van der Waals surface area contributed by atoms with Crippen LogP contribution < -0.4 is 5.32 Å². The molecule has 2 saturated carbocycles. The highest BCUT2D eigenvalue weighted by Gasteiger charge is 2.59. The van der Waals surface area contributed by atoms with Crippen LogP contribution in [0.15, 0.2) is 0 Å². The second-order valence-electron chi connectivity index (χ2n) is 7.49. The van der Waals surface area contributed by atoms with Gasteiger partial charge in [-0.05, 0) is 44.4 Å². The van der Waals surface area contributed by atoms with Gasteiger partial charge in [0, 0.05) is 19.0 Å². The molecule has 23 heavy (non-hydrogen) atoms. The van der Waals surface area contributed by atoms with Crippen molar-refractivity contribution in [3.05, 3.63) is 0 Å². The Morgan fingerprint density at radius 3 is 2.30 bits per heavy atom. The van der Waals surface area contributed by atoms with E-state index in [0.717, 1.165) is 44.9 Å². The van der Waals surface area contributed by atoms with Gasteiger partial charge in [0.25, 0.3) is 0 Å². The number of nitrogens with one attached hydrogen (secondary N) is 1. The van der Waals surface area contributed by atoms with E-state index in [4.69, 9.17) is 5.11 Å². The highest BCUT2D eigenvalue weighted by atomic mass is 16.4. The zero-order valence-electron chi connectivity index (χ0n) is 13.7. The van der Waals surface area contributed by atoms with E-state index in [2.05, 4.69) is 5.32 Å². The van der Waals surface area contributed by atoms with Gasteiger partial charge in [0.2, 0.25) is 11.8 Å². The van der Waals surface area contributed by atoms with E-state index in [1.807, 2.05) is 0 Å². The zero-order chi connectivity index (χ0) is 16.6. The molecular formula is C17H26N2O4. The van der Waals surface area contributed by atoms with E-state index < -0.39 is 12.0 Å². The van der Waals surface area contributed by atoms with E-state index in [1.165, 1.54) is 0 Å². The molecule has 0 bridgehead atoms. The zero-order valence-corrected chi connectivity index (χ0v) is 13.7. The number of piperidine rings is 1. The lowest BCUT2D eigenvalue weighted by Gasteiger charge is -2.34. The third kappa shape index (κ3) is 3.21. The summed E-state index contributed by atoms with van der Waals surface area (Å²) in [6, 6.07) is -0.494. The minimum absolute atomic E-state index is 0.00460. The Hall–Kier alpha value is -1.59. The first-order valence-electron chi connectivity index (χ1n) is 8.75. The maximum atomic E-state index is 12.5. The van der Waals surface area contributed by atoms with Gasteiger partial charge in [-0.3, -0.25) is 14.4 Å². The number of nitrogens with zero attached hydrogens (tertiary/aromatic N) is 1. The standard InChI is InChI=1S/C17H26N2O4/c1-11(18-14(20)12-4-2-3-5-12)15(21)19-8-6-17(7-9-19)10-13(17)16(22)23/h11-13H,2-10H2,1H3,(H,18,20)(H,22,23). The largest absolute Gasteiger partial charge is 0.481 e. The predicted molar refractivity (Wildman–Crippen MR) is 83.6 cm³/mol. The second kappa shape index (κ2) is 6.13. The average molecular weight is 322 g/mol. The normalized spacial score (nSPS) is 27.7. The molecule has 0 aromatic carbocycles. The molecule has 1 spiro atoms. The second-order valence-corrected chi connectivity index (χ2v) is 7.49. The molecule has 3 fully saturated rings. The number of aliphatic carboxylic acids is 1. The molecule has 128 valence electrons. The molecule has 3 aliphatic rings. The monoisotopic (exact) mass is 322 g/mol. The molecule has 3 rings (SSSR count). The maximum Gasteiger partial charge on any atom is 0.307 e. The van der Waals surface area contributed by atoms with Gasteiger partial charge in [-0.1, -0.05) is 12.8 Å². The lowest BCUT2D eigenvalue weighted by molar-refractivity contribution is -0.140. The Labute approximate surface area is 136 Å². The summed E-state index contributed by atoms with van der Waals surface area (Å²) >= 11 is 0. The van der Waals surface area contributed by atoms with Crippen molar-refractivity contribution in [2.24, 2.45) is 17.3 Å². The highest BCUT2D eigenvalue weighted by molar-refractivity contribution is 5.88. The minimum atomic E-state index is -0.707. The fourth-order valence-electron chi connectivity index (χ4n) is 4.28. The summed E-state index contributed by atoms with van der Waals surface area (Å²) in [4.78, 5) is 37.5. The van der Waals surface area contributed by atoms with E-state index in [9.17, 15) is 14.4 Å². The molecule has 2 N–H and O–H groups in total. The number of carbonyl (C=O) groups excluding carboxylic acids is 2. The van der Waals surface area contributed by atoms with Crippen LogP contribution >= 0.6 is 0 Å². The van der Waals surface area contributed by atoms with Crippen LogP contribution in [0.2, 0.25) is 0 Å². The quantitative estimate of drug-likeness (QED) is 0.819. The molecule has 2 atom stereocenters. The van der Waals surface area contributed by atoms with Crippen LogP contribution in [0.3, 0.4) is 0 Å². The number of carbonyl (C=O) groups is 3. The molecule has 2 unspecified atom stereocenters. The highest BCUT2D eigenvalue weighted by Crippen LogP contribution is 2.59. The summed E-state index contributed by atoms with van der Waals surface area (Å²) in [6.45, 7) is 2.95. The molecule has 6 heteroatoms. The summed E-state index contributed by atoms with van der Waals surface area (Å²) < 4.78 is 0. The van der Waals surface area contributed by atoms with Crippen molar-refractivity contribution in [2.45, 2.75) is 57.9 Å². The van der Waals surface area contributed by atoms with Crippen LogP contribution in [-0.2, 0) is 14.4 Å². The molecule has 0 radical (unpaired) electrons. The number of hydrogen-bond acceptors (Lipinski definition) is 3. The third-order valence-corrected chi connectivity index (χ3v) is 6.01. The van der Waals surface area contributed by atoms with Crippen LogP contribution in [0.25, 0.3) is 0 Å². The molecule has 2 aliphatic carbocycles. The molecular weight excluding hydrogens is 296 g/mol. The Balaban J connectivity index is 1.47. The van der Waals surface area contributed by atoms with Crippen molar-refractivity contribution >= 4 is 17.8 Å². The van der Waals surface area contributed by atoms with Crippen molar-refractivity contribution in [1.82, 2.24) is 10.2 Å². The first kappa shape index (κ1) is 16.3. The van der Waals surface area contributed by atoms with Crippen LogP contribution in [0, 0.1) is 17.3 Å². The maximum absolute atomic E-state index is 12.5. The van der Waals surface area contributed by atoms with Crippen LogP contribution in [0.4, 0.5) is 0 Å². The topological polar surface area (TPSA) is 86.7 Å². The summed E-state index contributed by atoms with van der Waals surface area (Å²) in [5.41, 5.74) is -0.0705. The number of amides is 2. The van der Waals surface area contributed by atoms with Gasteiger partial charge in [-0.2, -0.15) is 0 Å². The number of likely N-dealkylation sites (tertiary alicyclic amines) is 1. The Bertz CT molecular complexity index is 505. The number of hydrogen-bond donors (Lipinski definition) is 2. The minimum Gasteiger partial charge on any atom is -0.481 e. The van der Waals surface area contributed by atoms with Crippen LogP contribution in [0.5, 0.6) is 0 Å². The number of rotatable bonds is 4. The molecule has 1 saturated heterocycles. The van der Waals surface area contributed by atoms with E-state index in [0.29, 0.717) is 13.1 Å². The van der Waals surface area contributed by atoms with Crippen molar-refractivity contribution in [2.75, 3.05) is 13.1 Å². The van der Waals surface area contributed by atoms with Gasteiger partial charge in [-0.25, -0.2) is 0 Å². The summed E-state index contributed by atoms with van der Waals surface area (Å²) in [5, 5.41) is 12.0. The SMILES string of the molecule is CC(NC(=O)C1CCCC1)C(=O)N1CCC2(CC1)CC2C(=O)O. The van der Waals surface area contributed by atoms with Crippen molar-refractivity contribution in [3.8, 4) is 0 Å². The smallest absolute Gasteiger partial charge is 0.307 e. The van der Waals surface area contributed by atoms with Crippen LogP contribution in [-0.4, -0.2) is 46.9 Å². The molecule has 0 aromatic heterocycles. The van der Waals surface area contributed by atoms with E-state index in [-0.39, 0.29) is 29.1 Å². The molecule has 1 aliphatic heterocycles. The van der Waals surface area contributed by atoms with E-state index >= 15 is 0 Å². The molecule has 1 heterocycles. The average Bonchev–Trinajstić information content (AvgIpc) is 2.98. The number of carboxylic acid groups (broad SMARTS) is 1. The van der Waals surface area contributed by atoms with E-state index in [1.54, 1.807) is 11.8 Å². The van der Waals surface area contributed by atoms with Crippen molar-refractivity contribution < 1.29 is 19.5 Å². The number of carboxylic acids is 1. The van der Waals surface area contributed by atoms with Crippen molar-refractivity contribution in [1.29, 1.82) is 0 Å². The van der Waals surface area contributed by atoms with Gasteiger partial charge < -0.3 is 15.3 Å². The Morgan fingerprint density at radius 2 is 1.78 bits per heavy atom. The lowest BCUT2D eigenvalue weighted by atomic mass is 9.90. The summed E-state index contributed by atoms with van der Waals surface area (Å²) in [5.74, 6) is -0.900. The predicted octanol–water partition coefficient (Wildman–Crippen LogP) is 1.39. The lowest BCUT2D eigenvalue weighted by Crippen LogP contribution is -2.50. The molecule has 2 amide bonds. The van der Waals surface area contributed by atoms with Gasteiger partial charge in [0.05, 0.1) is 5.92 Å².